The van der Waals surface area contributed by atoms with Crippen molar-refractivity contribution in [3.8, 4) is 5.75 Å². The smallest absolute Gasteiger partial charge is 0.198 e. The zero-order valence-corrected chi connectivity index (χ0v) is 19.4. The van der Waals surface area contributed by atoms with Crippen LogP contribution in [-0.2, 0) is 20.7 Å². The summed E-state index contributed by atoms with van der Waals surface area (Å²) in [7, 11) is 0. The molecule has 0 radical (unpaired) electrons. The maximum absolute atomic E-state index is 13.3. The van der Waals surface area contributed by atoms with Crippen LogP contribution in [0.2, 0.25) is 0 Å². The molecule has 1 aliphatic heterocycles. The maximum atomic E-state index is 13.3. The summed E-state index contributed by atoms with van der Waals surface area (Å²) in [5.41, 5.74) is 5.04. The number of carbonyl (C=O) groups excluding carboxylic acids is 3. The fourth-order valence-electron chi connectivity index (χ4n) is 5.30. The molecule has 1 saturated heterocycles. The van der Waals surface area contributed by atoms with Crippen molar-refractivity contribution in [3.05, 3.63) is 63.7 Å². The molecule has 2 aliphatic carbocycles. The van der Waals surface area contributed by atoms with E-state index < -0.39 is 59.3 Å². The van der Waals surface area contributed by atoms with Crippen LogP contribution in [-0.4, -0.2) is 62.8 Å². The zero-order chi connectivity index (χ0) is 25.2. The van der Waals surface area contributed by atoms with Crippen LogP contribution in [0.3, 0.4) is 0 Å². The quantitative estimate of drug-likeness (QED) is 0.433. The SMILES string of the molecule is CC(=O)C1(O)Cc2c(cc3c(c2O)C(=O)c2ccccc2C3=O)C(OC2CC(N)C(O)C(C)O2)C1. The summed E-state index contributed by atoms with van der Waals surface area (Å²) in [5, 5.41) is 32.5. The number of ether oxygens (including phenoxy) is 2. The maximum Gasteiger partial charge on any atom is 0.198 e. The Bertz CT molecular complexity index is 1240. The van der Waals surface area contributed by atoms with E-state index in [2.05, 4.69) is 0 Å². The summed E-state index contributed by atoms with van der Waals surface area (Å²) >= 11 is 0. The van der Waals surface area contributed by atoms with Gasteiger partial charge in [0.15, 0.2) is 23.6 Å². The fraction of sp³-hybridized carbons (Fsp3) is 0.423. The number of aliphatic hydroxyl groups excluding tert-OH is 1. The number of benzene rings is 2. The van der Waals surface area contributed by atoms with Gasteiger partial charge in [-0.2, -0.15) is 0 Å². The highest BCUT2D eigenvalue weighted by atomic mass is 16.7. The second-order valence-electron chi connectivity index (χ2n) is 9.67. The van der Waals surface area contributed by atoms with Crippen molar-refractivity contribution >= 4 is 17.3 Å². The van der Waals surface area contributed by atoms with Crippen LogP contribution in [0.1, 0.15) is 75.8 Å². The first-order valence-corrected chi connectivity index (χ1v) is 11.6. The topological polar surface area (TPSA) is 156 Å². The van der Waals surface area contributed by atoms with Crippen LogP contribution < -0.4 is 5.73 Å². The summed E-state index contributed by atoms with van der Waals surface area (Å²) in [5.74, 6) is -1.88. The molecule has 5 rings (SSSR count). The standard InChI is InChI=1S/C26H27NO8/c1-11-22(29)18(27)8-20(34-11)35-19-10-26(33,12(2)28)9-17-15(19)7-16-21(25(17)32)24(31)14-6-4-3-5-13(14)23(16)30/h3-7,11,18-20,22,29,32-33H,8-10,27H2,1-2H3. The van der Waals surface area contributed by atoms with E-state index >= 15 is 0 Å². The summed E-state index contributed by atoms with van der Waals surface area (Å²) in [6.07, 6.45) is -3.49. The highest BCUT2D eigenvalue weighted by Gasteiger charge is 2.47. The molecule has 2 aromatic rings. The molecule has 3 aliphatic rings. The lowest BCUT2D eigenvalue weighted by Crippen LogP contribution is -2.52. The number of phenolic OH excluding ortho intramolecular Hbond substituents is 1. The minimum atomic E-state index is -1.86. The van der Waals surface area contributed by atoms with Gasteiger partial charge < -0.3 is 30.5 Å². The van der Waals surface area contributed by atoms with Crippen molar-refractivity contribution in [1.82, 2.24) is 0 Å². The predicted molar refractivity (Wildman–Crippen MR) is 122 cm³/mol. The Morgan fingerprint density at radius 1 is 1.17 bits per heavy atom. The Balaban J connectivity index is 1.61. The molecule has 6 unspecified atom stereocenters. The molecular weight excluding hydrogens is 454 g/mol. The molecule has 35 heavy (non-hydrogen) atoms. The van der Waals surface area contributed by atoms with Crippen LogP contribution in [0, 0.1) is 0 Å². The van der Waals surface area contributed by atoms with Gasteiger partial charge in [-0.25, -0.2) is 0 Å². The molecule has 6 atom stereocenters. The molecule has 0 amide bonds. The summed E-state index contributed by atoms with van der Waals surface area (Å²) < 4.78 is 11.9. The number of ketones is 3. The second kappa shape index (κ2) is 8.32. The zero-order valence-electron chi connectivity index (χ0n) is 19.4. The highest BCUT2D eigenvalue weighted by molar-refractivity contribution is 6.29. The minimum absolute atomic E-state index is 0.0388. The number of hydrogen-bond acceptors (Lipinski definition) is 9. The van der Waals surface area contributed by atoms with Gasteiger partial charge in [-0.3, -0.25) is 14.4 Å². The number of rotatable bonds is 3. The Morgan fingerprint density at radius 3 is 2.46 bits per heavy atom. The van der Waals surface area contributed by atoms with Crippen LogP contribution in [0.25, 0.3) is 0 Å². The Morgan fingerprint density at radius 2 is 1.83 bits per heavy atom. The number of phenols is 1. The van der Waals surface area contributed by atoms with Crippen LogP contribution >= 0.6 is 0 Å². The van der Waals surface area contributed by atoms with Gasteiger partial charge in [0.1, 0.15) is 11.4 Å². The van der Waals surface area contributed by atoms with Crippen LogP contribution in [0.4, 0.5) is 0 Å². The van der Waals surface area contributed by atoms with Gasteiger partial charge in [0, 0.05) is 47.6 Å². The number of carbonyl (C=O) groups is 3. The van der Waals surface area contributed by atoms with E-state index in [0.717, 1.165) is 0 Å². The van der Waals surface area contributed by atoms with Gasteiger partial charge in [-0.05, 0) is 25.5 Å². The molecule has 2 aromatic carbocycles. The van der Waals surface area contributed by atoms with E-state index in [1.165, 1.54) is 19.1 Å². The summed E-state index contributed by atoms with van der Waals surface area (Å²) in [6.45, 7) is 2.90. The van der Waals surface area contributed by atoms with E-state index in [1.54, 1.807) is 25.1 Å². The average Bonchev–Trinajstić information content (AvgIpc) is 2.81. The number of aromatic hydroxyl groups is 1. The van der Waals surface area contributed by atoms with Crippen molar-refractivity contribution in [2.45, 2.75) is 69.4 Å². The molecule has 184 valence electrons. The molecule has 9 heteroatoms. The first-order valence-electron chi connectivity index (χ1n) is 11.6. The molecule has 0 saturated carbocycles. The van der Waals surface area contributed by atoms with Crippen LogP contribution in [0.15, 0.2) is 30.3 Å². The second-order valence-corrected chi connectivity index (χ2v) is 9.67. The van der Waals surface area contributed by atoms with Gasteiger partial charge in [-0.1, -0.05) is 24.3 Å². The van der Waals surface area contributed by atoms with E-state index in [9.17, 15) is 29.7 Å². The monoisotopic (exact) mass is 481 g/mol. The van der Waals surface area contributed by atoms with Gasteiger partial charge in [-0.15, -0.1) is 0 Å². The summed E-state index contributed by atoms with van der Waals surface area (Å²) in [4.78, 5) is 38.9. The third kappa shape index (κ3) is 3.71. The Hall–Kier alpha value is -2.95. The number of hydrogen-bond donors (Lipinski definition) is 4. The lowest BCUT2D eigenvalue weighted by molar-refractivity contribution is -0.247. The van der Waals surface area contributed by atoms with E-state index in [0.29, 0.717) is 5.56 Å². The normalized spacial score (nSPS) is 32.0. The van der Waals surface area contributed by atoms with E-state index in [1.807, 2.05) is 0 Å². The molecule has 1 heterocycles. The number of fused-ring (bicyclic) bond motifs is 3. The number of Topliss-reactive ketones (excluding diaryl/α,β-unsaturated/α-hetero) is 1. The highest BCUT2D eigenvalue weighted by Crippen LogP contribution is 2.47. The molecular formula is C26H27NO8. The molecule has 5 N–H and O–H groups in total. The third-order valence-electron chi connectivity index (χ3n) is 7.39. The van der Waals surface area contributed by atoms with Gasteiger partial charge in [0.25, 0.3) is 0 Å². The van der Waals surface area contributed by atoms with Gasteiger partial charge in [0.2, 0.25) is 0 Å². The van der Waals surface area contributed by atoms with Crippen molar-refractivity contribution < 1.29 is 39.2 Å². The molecule has 0 spiro atoms. The first kappa shape index (κ1) is 23.8. The van der Waals surface area contributed by atoms with E-state index in [4.69, 9.17) is 15.2 Å². The fourth-order valence-corrected chi connectivity index (χ4v) is 5.30. The lowest BCUT2D eigenvalue weighted by atomic mass is 9.72. The average molecular weight is 482 g/mol. The molecule has 1 fully saturated rings. The van der Waals surface area contributed by atoms with Crippen molar-refractivity contribution in [2.75, 3.05) is 0 Å². The third-order valence-corrected chi connectivity index (χ3v) is 7.39. The van der Waals surface area contributed by atoms with Crippen molar-refractivity contribution in [2.24, 2.45) is 5.73 Å². The Kier molecular flexibility index (Phi) is 5.65. The van der Waals surface area contributed by atoms with Crippen molar-refractivity contribution in [3.63, 3.8) is 0 Å². The largest absolute Gasteiger partial charge is 0.507 e. The lowest BCUT2D eigenvalue weighted by Gasteiger charge is -2.41. The van der Waals surface area contributed by atoms with Crippen molar-refractivity contribution in [1.29, 1.82) is 0 Å². The minimum Gasteiger partial charge on any atom is -0.507 e. The Labute approximate surface area is 201 Å². The number of nitrogens with two attached hydrogens (primary N) is 1. The van der Waals surface area contributed by atoms with Gasteiger partial charge in [0.05, 0.1) is 23.9 Å². The van der Waals surface area contributed by atoms with E-state index in [-0.39, 0.29) is 47.1 Å². The van der Waals surface area contributed by atoms with Gasteiger partial charge >= 0.3 is 0 Å². The molecule has 0 aromatic heterocycles. The number of aliphatic hydroxyl groups is 2. The van der Waals surface area contributed by atoms with Crippen LogP contribution in [0.5, 0.6) is 5.75 Å². The summed E-state index contributed by atoms with van der Waals surface area (Å²) in [6, 6.07) is 7.27. The molecule has 9 nitrogen and oxygen atoms in total. The molecule has 0 bridgehead atoms. The first-order chi connectivity index (χ1) is 16.5. The predicted octanol–water partition coefficient (Wildman–Crippen LogP) is 1.31.